The average Bonchev–Trinajstić information content (AvgIpc) is 2.69. The zero-order chi connectivity index (χ0) is 18.2. The number of pyridine rings is 1. The van der Waals surface area contributed by atoms with Crippen molar-refractivity contribution in [2.24, 2.45) is 5.73 Å². The van der Waals surface area contributed by atoms with Gasteiger partial charge in [0.05, 0.1) is 6.61 Å². The van der Waals surface area contributed by atoms with Crippen molar-refractivity contribution in [2.75, 3.05) is 23.7 Å². The summed E-state index contributed by atoms with van der Waals surface area (Å²) in [4.78, 5) is 17.1. The Morgan fingerprint density at radius 1 is 1.08 bits per heavy atom. The fraction of sp³-hybridized carbons (Fsp3) is 0.222. The number of rotatable bonds is 8. The molecule has 0 aliphatic heterocycles. The molecule has 8 heteroatoms. The molecule has 0 bridgehead atoms. The van der Waals surface area contributed by atoms with Crippen LogP contribution >= 0.6 is 0 Å². The quantitative estimate of drug-likeness (QED) is 0.454. The summed E-state index contributed by atoms with van der Waals surface area (Å²) in [6.07, 6.45) is 4.04. The van der Waals surface area contributed by atoms with Crippen molar-refractivity contribution in [1.82, 2.24) is 19.9 Å². The number of aliphatic hydroxyl groups is 1. The van der Waals surface area contributed by atoms with Gasteiger partial charge in [0, 0.05) is 24.0 Å². The van der Waals surface area contributed by atoms with Gasteiger partial charge in [-0.25, -0.2) is 15.0 Å². The molecule has 0 radical (unpaired) electrons. The third kappa shape index (κ3) is 4.71. The molecule has 0 saturated heterocycles. The molecule has 3 aromatic rings. The molecule has 0 fully saturated rings. The lowest BCUT2D eigenvalue weighted by Gasteiger charge is -2.08. The van der Waals surface area contributed by atoms with Crippen LogP contribution in [-0.4, -0.2) is 38.1 Å². The van der Waals surface area contributed by atoms with Crippen molar-refractivity contribution in [3.05, 3.63) is 54.5 Å². The molecule has 1 aromatic carbocycles. The van der Waals surface area contributed by atoms with Crippen LogP contribution in [0.5, 0.6) is 0 Å². The highest BCUT2D eigenvalue weighted by Gasteiger charge is 2.06. The van der Waals surface area contributed by atoms with Crippen LogP contribution in [-0.2, 0) is 6.61 Å². The number of hydrogen-bond donors (Lipinski definition) is 4. The molecular weight excluding hydrogens is 330 g/mol. The SMILES string of the molecule is NCCCNc1cc(-c2ncnc(Nc3cccc(CO)c3)n2)ccn1. The third-order valence-corrected chi connectivity index (χ3v) is 3.64. The summed E-state index contributed by atoms with van der Waals surface area (Å²) < 4.78 is 0. The van der Waals surface area contributed by atoms with Gasteiger partial charge in [-0.3, -0.25) is 0 Å². The van der Waals surface area contributed by atoms with Crippen molar-refractivity contribution < 1.29 is 5.11 Å². The van der Waals surface area contributed by atoms with E-state index >= 15 is 0 Å². The van der Waals surface area contributed by atoms with E-state index in [1.165, 1.54) is 6.33 Å². The van der Waals surface area contributed by atoms with E-state index in [2.05, 4.69) is 30.6 Å². The summed E-state index contributed by atoms with van der Waals surface area (Å²) in [7, 11) is 0. The molecule has 0 unspecified atom stereocenters. The number of aliphatic hydroxyl groups excluding tert-OH is 1. The lowest BCUT2D eigenvalue weighted by Crippen LogP contribution is -2.09. The number of nitrogens with one attached hydrogen (secondary N) is 2. The number of nitrogens with zero attached hydrogens (tertiary/aromatic N) is 4. The van der Waals surface area contributed by atoms with Gasteiger partial charge in [0.1, 0.15) is 12.1 Å². The second kappa shape index (κ2) is 8.84. The molecule has 134 valence electrons. The summed E-state index contributed by atoms with van der Waals surface area (Å²) in [6, 6.07) is 11.2. The van der Waals surface area contributed by atoms with Gasteiger partial charge >= 0.3 is 0 Å². The average molecular weight is 351 g/mol. The first-order valence-electron chi connectivity index (χ1n) is 8.34. The molecule has 2 heterocycles. The van der Waals surface area contributed by atoms with Gasteiger partial charge < -0.3 is 21.5 Å². The van der Waals surface area contributed by atoms with E-state index in [9.17, 15) is 5.11 Å². The second-order valence-electron chi connectivity index (χ2n) is 5.61. The maximum atomic E-state index is 9.24. The topological polar surface area (TPSA) is 122 Å². The zero-order valence-corrected chi connectivity index (χ0v) is 14.3. The monoisotopic (exact) mass is 351 g/mol. The minimum absolute atomic E-state index is 0.0189. The molecule has 0 atom stereocenters. The van der Waals surface area contributed by atoms with E-state index in [-0.39, 0.29) is 6.61 Å². The largest absolute Gasteiger partial charge is 0.392 e. The summed E-state index contributed by atoms with van der Waals surface area (Å²) in [5, 5.41) is 15.6. The van der Waals surface area contributed by atoms with Crippen LogP contribution in [0.4, 0.5) is 17.5 Å². The van der Waals surface area contributed by atoms with E-state index in [4.69, 9.17) is 5.73 Å². The Labute approximate surface area is 151 Å². The van der Waals surface area contributed by atoms with Crippen LogP contribution < -0.4 is 16.4 Å². The summed E-state index contributed by atoms with van der Waals surface area (Å²) >= 11 is 0. The molecule has 2 aromatic heterocycles. The molecule has 0 saturated carbocycles. The molecular formula is C18H21N7O. The molecule has 0 aliphatic carbocycles. The zero-order valence-electron chi connectivity index (χ0n) is 14.3. The van der Waals surface area contributed by atoms with Gasteiger partial charge in [0.2, 0.25) is 5.95 Å². The summed E-state index contributed by atoms with van der Waals surface area (Å²) in [6.45, 7) is 1.37. The predicted molar refractivity (Wildman–Crippen MR) is 101 cm³/mol. The highest BCUT2D eigenvalue weighted by atomic mass is 16.3. The lowest BCUT2D eigenvalue weighted by molar-refractivity contribution is 0.282. The van der Waals surface area contributed by atoms with E-state index in [1.54, 1.807) is 6.20 Å². The molecule has 26 heavy (non-hydrogen) atoms. The highest BCUT2D eigenvalue weighted by molar-refractivity contribution is 5.61. The standard InChI is InChI=1S/C18H21N7O/c19-6-2-7-20-16-10-14(5-8-21-16)17-22-12-23-18(25-17)24-15-4-1-3-13(9-15)11-26/h1,3-5,8-10,12,26H,2,6-7,11,19H2,(H,20,21)(H,22,23,24,25). The molecule has 0 aliphatic rings. The van der Waals surface area contributed by atoms with Crippen LogP contribution in [0.15, 0.2) is 48.9 Å². The van der Waals surface area contributed by atoms with Crippen LogP contribution in [0.25, 0.3) is 11.4 Å². The van der Waals surface area contributed by atoms with E-state index < -0.39 is 0 Å². The maximum Gasteiger partial charge on any atom is 0.230 e. The molecule has 8 nitrogen and oxygen atoms in total. The Bertz CT molecular complexity index is 856. The molecule has 0 amide bonds. The van der Waals surface area contributed by atoms with Crippen molar-refractivity contribution in [2.45, 2.75) is 13.0 Å². The van der Waals surface area contributed by atoms with Crippen LogP contribution in [0.1, 0.15) is 12.0 Å². The molecule has 3 rings (SSSR count). The van der Waals surface area contributed by atoms with Gasteiger partial charge in [-0.15, -0.1) is 0 Å². The van der Waals surface area contributed by atoms with Crippen LogP contribution in [0, 0.1) is 0 Å². The Morgan fingerprint density at radius 3 is 2.85 bits per heavy atom. The molecule has 0 spiro atoms. The smallest absolute Gasteiger partial charge is 0.230 e. The first-order valence-corrected chi connectivity index (χ1v) is 8.34. The number of hydrogen-bond acceptors (Lipinski definition) is 8. The van der Waals surface area contributed by atoms with Gasteiger partial charge in [0.15, 0.2) is 5.82 Å². The van der Waals surface area contributed by atoms with Crippen molar-refractivity contribution in [3.8, 4) is 11.4 Å². The summed E-state index contributed by atoms with van der Waals surface area (Å²) in [5.74, 6) is 1.73. The Hall–Kier alpha value is -3.10. The van der Waals surface area contributed by atoms with E-state index in [1.807, 2.05) is 36.4 Å². The fourth-order valence-corrected chi connectivity index (χ4v) is 2.36. The molecule has 5 N–H and O–H groups in total. The first-order chi connectivity index (χ1) is 12.8. The van der Waals surface area contributed by atoms with Crippen molar-refractivity contribution >= 4 is 17.5 Å². The van der Waals surface area contributed by atoms with E-state index in [0.29, 0.717) is 18.3 Å². The Balaban J connectivity index is 1.77. The van der Waals surface area contributed by atoms with Crippen molar-refractivity contribution in [3.63, 3.8) is 0 Å². The fourth-order valence-electron chi connectivity index (χ4n) is 2.36. The number of benzene rings is 1. The first kappa shape index (κ1) is 17.7. The number of nitrogens with two attached hydrogens (primary N) is 1. The van der Waals surface area contributed by atoms with E-state index in [0.717, 1.165) is 35.6 Å². The van der Waals surface area contributed by atoms with Gasteiger partial charge in [-0.2, -0.15) is 4.98 Å². The predicted octanol–water partition coefficient (Wildman–Crippen LogP) is 1.93. The summed E-state index contributed by atoms with van der Waals surface area (Å²) in [5.41, 5.74) is 7.95. The van der Waals surface area contributed by atoms with Gasteiger partial charge in [-0.1, -0.05) is 12.1 Å². The minimum atomic E-state index is -0.0189. The van der Waals surface area contributed by atoms with Crippen molar-refractivity contribution in [1.29, 1.82) is 0 Å². The highest BCUT2D eigenvalue weighted by Crippen LogP contribution is 2.20. The van der Waals surface area contributed by atoms with Crippen LogP contribution in [0.3, 0.4) is 0 Å². The van der Waals surface area contributed by atoms with Crippen LogP contribution in [0.2, 0.25) is 0 Å². The second-order valence-corrected chi connectivity index (χ2v) is 5.61. The normalized spacial score (nSPS) is 10.5. The Morgan fingerprint density at radius 2 is 2.00 bits per heavy atom. The third-order valence-electron chi connectivity index (χ3n) is 3.64. The maximum absolute atomic E-state index is 9.24. The lowest BCUT2D eigenvalue weighted by atomic mass is 10.2. The van der Waals surface area contributed by atoms with Gasteiger partial charge in [-0.05, 0) is 42.8 Å². The number of aromatic nitrogens is 4. The minimum Gasteiger partial charge on any atom is -0.392 e. The van der Waals surface area contributed by atoms with Gasteiger partial charge in [0.25, 0.3) is 0 Å². The Kier molecular flexibility index (Phi) is 6.02. The number of anilines is 3.